The van der Waals surface area contributed by atoms with Crippen LogP contribution in [-0.2, 0) is 12.8 Å². The van der Waals surface area contributed by atoms with Gasteiger partial charge in [0.25, 0.3) is 0 Å². The molecule has 0 fully saturated rings. The molecule has 18 heavy (non-hydrogen) atoms. The molecule has 3 heteroatoms. The lowest BCUT2D eigenvalue weighted by atomic mass is 10.0. The molecular formula is C15H22N2O. The van der Waals surface area contributed by atoms with Crippen molar-refractivity contribution >= 4 is 11.9 Å². The Labute approximate surface area is 109 Å². The van der Waals surface area contributed by atoms with Gasteiger partial charge in [-0.25, -0.2) is 0 Å². The van der Waals surface area contributed by atoms with E-state index in [0.717, 1.165) is 17.7 Å². The van der Waals surface area contributed by atoms with Crippen molar-refractivity contribution in [1.82, 2.24) is 5.32 Å². The average molecular weight is 246 g/mol. The first-order valence-corrected chi connectivity index (χ1v) is 6.27. The fraction of sp³-hybridized carbons (Fsp3) is 0.400. The van der Waals surface area contributed by atoms with Crippen LogP contribution in [0, 0.1) is 0 Å². The van der Waals surface area contributed by atoms with E-state index in [-0.39, 0.29) is 11.8 Å². The minimum Gasteiger partial charge on any atom is -0.511 e. The van der Waals surface area contributed by atoms with E-state index in [4.69, 9.17) is 0 Å². The minimum atomic E-state index is -0.115. The molecule has 0 aliphatic rings. The minimum absolute atomic E-state index is 0.115. The molecule has 0 heterocycles. The molecule has 3 nitrogen and oxygen atoms in total. The Balaban J connectivity index is 2.97. The summed E-state index contributed by atoms with van der Waals surface area (Å²) in [6, 6.07) is 6.15. The van der Waals surface area contributed by atoms with Crippen molar-refractivity contribution in [3.05, 3.63) is 41.7 Å². The molecule has 0 aromatic heterocycles. The fourth-order valence-electron chi connectivity index (χ4n) is 1.92. The summed E-state index contributed by atoms with van der Waals surface area (Å²) in [5.41, 5.74) is 3.39. The Morgan fingerprint density at radius 3 is 2.78 bits per heavy atom. The van der Waals surface area contributed by atoms with Crippen molar-refractivity contribution in [1.29, 1.82) is 0 Å². The van der Waals surface area contributed by atoms with Crippen LogP contribution in [0.4, 0.5) is 5.69 Å². The van der Waals surface area contributed by atoms with E-state index >= 15 is 0 Å². The highest BCUT2D eigenvalue weighted by molar-refractivity contribution is 5.63. The van der Waals surface area contributed by atoms with Crippen molar-refractivity contribution in [3.63, 3.8) is 0 Å². The predicted molar refractivity (Wildman–Crippen MR) is 78.0 cm³/mol. The quantitative estimate of drug-likeness (QED) is 0.598. The zero-order valence-corrected chi connectivity index (χ0v) is 11.4. The van der Waals surface area contributed by atoms with Gasteiger partial charge in [-0.2, -0.15) is 0 Å². The maximum absolute atomic E-state index is 9.46. The lowest BCUT2D eigenvalue weighted by Crippen LogP contribution is -2.29. The molecule has 1 aromatic rings. The molecule has 0 saturated carbocycles. The van der Waals surface area contributed by atoms with E-state index < -0.39 is 0 Å². The third kappa shape index (κ3) is 3.70. The number of hydrogen-bond acceptors (Lipinski definition) is 3. The first kappa shape index (κ1) is 14.5. The Hall–Kier alpha value is -1.61. The Kier molecular flexibility index (Phi) is 5.59. The first-order chi connectivity index (χ1) is 8.62. The molecule has 0 spiro atoms. The molecule has 1 atom stereocenters. The van der Waals surface area contributed by atoms with E-state index in [0.29, 0.717) is 6.42 Å². The van der Waals surface area contributed by atoms with Crippen molar-refractivity contribution < 1.29 is 5.11 Å². The molecule has 0 radical (unpaired) electrons. The summed E-state index contributed by atoms with van der Waals surface area (Å²) in [5.74, 6) is 0.164. The van der Waals surface area contributed by atoms with Crippen LogP contribution in [0.1, 0.15) is 25.0 Å². The molecule has 0 bridgehead atoms. The van der Waals surface area contributed by atoms with Gasteiger partial charge < -0.3 is 10.4 Å². The normalized spacial score (nSPS) is 12.8. The van der Waals surface area contributed by atoms with Crippen LogP contribution in [0.2, 0.25) is 0 Å². The molecule has 0 aliphatic heterocycles. The standard InChI is InChI=1S/C15H22N2O/c1-5-13-8-7-12(10-15(13)17-6-2)9-14(16-4)11(3)18/h6-8,10,14,16,18H,3,5,9H2,1-2,4H3. The Morgan fingerprint density at radius 1 is 1.56 bits per heavy atom. The van der Waals surface area contributed by atoms with Crippen LogP contribution in [0.25, 0.3) is 0 Å². The Bertz CT molecular complexity index is 438. The topological polar surface area (TPSA) is 44.6 Å². The lowest BCUT2D eigenvalue weighted by molar-refractivity contribution is 0.349. The number of aliphatic hydroxyl groups is 1. The SMILES string of the molecule is C=C(O)C(Cc1ccc(CC)c(N=CC)c1)NC. The zero-order chi connectivity index (χ0) is 13.5. The maximum atomic E-state index is 9.46. The largest absolute Gasteiger partial charge is 0.511 e. The molecule has 1 rings (SSSR count). The van der Waals surface area contributed by atoms with Gasteiger partial charge in [0, 0.05) is 6.21 Å². The van der Waals surface area contributed by atoms with Crippen LogP contribution in [-0.4, -0.2) is 24.4 Å². The highest BCUT2D eigenvalue weighted by Gasteiger charge is 2.11. The predicted octanol–water partition coefficient (Wildman–Crippen LogP) is 3.17. The summed E-state index contributed by atoms with van der Waals surface area (Å²) in [6.45, 7) is 7.61. The number of rotatable bonds is 6. The smallest absolute Gasteiger partial charge is 0.102 e. The van der Waals surface area contributed by atoms with Gasteiger partial charge in [0.15, 0.2) is 0 Å². The highest BCUT2D eigenvalue weighted by atomic mass is 16.3. The summed E-state index contributed by atoms with van der Waals surface area (Å²) >= 11 is 0. The van der Waals surface area contributed by atoms with Crippen molar-refractivity contribution in [2.45, 2.75) is 32.7 Å². The van der Waals surface area contributed by atoms with Crippen LogP contribution < -0.4 is 5.32 Å². The fourth-order valence-corrected chi connectivity index (χ4v) is 1.92. The van der Waals surface area contributed by atoms with E-state index in [1.54, 1.807) is 6.21 Å². The van der Waals surface area contributed by atoms with Crippen LogP contribution in [0.5, 0.6) is 0 Å². The maximum Gasteiger partial charge on any atom is 0.102 e. The number of aryl methyl sites for hydroxylation is 1. The molecule has 0 saturated heterocycles. The van der Waals surface area contributed by atoms with Crippen LogP contribution in [0.3, 0.4) is 0 Å². The lowest BCUT2D eigenvalue weighted by Gasteiger charge is -2.15. The van der Waals surface area contributed by atoms with E-state index in [1.807, 2.05) is 14.0 Å². The number of likely N-dealkylation sites (N-methyl/N-ethyl adjacent to an activating group) is 1. The van der Waals surface area contributed by atoms with E-state index in [1.165, 1.54) is 5.56 Å². The molecule has 0 amide bonds. The first-order valence-electron chi connectivity index (χ1n) is 6.27. The summed E-state index contributed by atoms with van der Waals surface area (Å²) in [7, 11) is 1.82. The third-order valence-electron chi connectivity index (χ3n) is 2.99. The number of nitrogens with zero attached hydrogens (tertiary/aromatic N) is 1. The second-order valence-electron chi connectivity index (χ2n) is 4.24. The monoisotopic (exact) mass is 246 g/mol. The number of aliphatic hydroxyl groups excluding tert-OH is 1. The number of benzene rings is 1. The second kappa shape index (κ2) is 6.97. The van der Waals surface area contributed by atoms with Crippen molar-refractivity contribution in [3.8, 4) is 0 Å². The van der Waals surface area contributed by atoms with E-state index in [2.05, 4.69) is 42.0 Å². The zero-order valence-electron chi connectivity index (χ0n) is 11.4. The van der Waals surface area contributed by atoms with Gasteiger partial charge in [-0.05, 0) is 44.0 Å². The molecule has 0 aliphatic carbocycles. The third-order valence-corrected chi connectivity index (χ3v) is 2.99. The number of hydrogen-bond donors (Lipinski definition) is 2. The summed E-state index contributed by atoms with van der Waals surface area (Å²) in [4.78, 5) is 4.39. The molecule has 1 unspecified atom stereocenters. The average Bonchev–Trinajstić information content (AvgIpc) is 2.36. The van der Waals surface area contributed by atoms with Gasteiger partial charge in [0.05, 0.1) is 11.7 Å². The summed E-state index contributed by atoms with van der Waals surface area (Å²) < 4.78 is 0. The van der Waals surface area contributed by atoms with Gasteiger partial charge in [-0.3, -0.25) is 4.99 Å². The van der Waals surface area contributed by atoms with E-state index in [9.17, 15) is 5.11 Å². The number of aliphatic imine (C=N–C) groups is 1. The summed E-state index contributed by atoms with van der Waals surface area (Å²) in [6.07, 6.45) is 3.48. The molecule has 98 valence electrons. The second-order valence-corrected chi connectivity index (χ2v) is 4.24. The van der Waals surface area contributed by atoms with Gasteiger partial charge in [0.1, 0.15) is 5.76 Å². The van der Waals surface area contributed by atoms with Gasteiger partial charge >= 0.3 is 0 Å². The highest BCUT2D eigenvalue weighted by Crippen LogP contribution is 2.22. The van der Waals surface area contributed by atoms with Gasteiger partial charge in [0.2, 0.25) is 0 Å². The molecule has 2 N–H and O–H groups in total. The van der Waals surface area contributed by atoms with Crippen molar-refractivity contribution in [2.24, 2.45) is 4.99 Å². The van der Waals surface area contributed by atoms with Crippen LogP contribution >= 0.6 is 0 Å². The molecular weight excluding hydrogens is 224 g/mol. The van der Waals surface area contributed by atoms with Crippen LogP contribution in [0.15, 0.2) is 35.5 Å². The van der Waals surface area contributed by atoms with Gasteiger partial charge in [-0.15, -0.1) is 0 Å². The number of nitrogens with one attached hydrogen (secondary N) is 1. The molecule has 1 aromatic carbocycles. The summed E-state index contributed by atoms with van der Waals surface area (Å²) in [5, 5.41) is 12.5. The van der Waals surface area contributed by atoms with Gasteiger partial charge in [-0.1, -0.05) is 25.6 Å². The Morgan fingerprint density at radius 2 is 2.28 bits per heavy atom. The van der Waals surface area contributed by atoms with Crippen molar-refractivity contribution in [2.75, 3.05) is 7.05 Å².